The molecule has 3 rings (SSSR count). The molecule has 0 aliphatic rings. The topological polar surface area (TPSA) is 51.0 Å². The molecule has 1 N–H and O–H groups in total. The average molecular weight is 259 g/mol. The second-order valence-corrected chi connectivity index (χ2v) is 4.99. The summed E-state index contributed by atoms with van der Waals surface area (Å²) in [6.45, 7) is 3.78. The first-order valence-electron chi connectivity index (χ1n) is 5.88. The number of fused-ring (bicyclic) bond motifs is 1. The summed E-state index contributed by atoms with van der Waals surface area (Å²) in [5.74, 6) is 0. The maximum atomic E-state index is 5.52. The number of hydrogen-bond acceptors (Lipinski definition) is 5. The molecule has 3 aromatic rings. The van der Waals surface area contributed by atoms with E-state index in [0.29, 0.717) is 0 Å². The molecule has 0 aliphatic heterocycles. The second kappa shape index (κ2) is 4.88. The van der Waals surface area contributed by atoms with Crippen LogP contribution in [0.5, 0.6) is 0 Å². The number of para-hydroxylation sites is 1. The fourth-order valence-electron chi connectivity index (χ4n) is 1.81. The molecule has 2 heterocycles. The van der Waals surface area contributed by atoms with Gasteiger partial charge in [-0.3, -0.25) is 0 Å². The van der Waals surface area contributed by atoms with Crippen LogP contribution in [0.15, 0.2) is 34.9 Å². The minimum Gasteiger partial charge on any atom is -0.464 e. The molecule has 18 heavy (non-hydrogen) atoms. The fourth-order valence-corrected chi connectivity index (χ4v) is 2.64. The van der Waals surface area contributed by atoms with Crippen molar-refractivity contribution >= 4 is 22.3 Å². The van der Waals surface area contributed by atoms with Crippen LogP contribution in [-0.4, -0.2) is 16.7 Å². The van der Waals surface area contributed by atoms with Crippen LogP contribution < -0.4 is 5.32 Å². The Morgan fingerprint density at radius 3 is 3.06 bits per heavy atom. The highest BCUT2D eigenvalue weighted by Crippen LogP contribution is 2.32. The van der Waals surface area contributed by atoms with Gasteiger partial charge in [0.25, 0.3) is 0 Å². The standard InChI is InChI=1S/C13H13N3OS/c1-2-14-7-12-15-16-13(18-12)10-8-17-11-6-4-3-5-9(10)11/h3-6,8,14H,2,7H2,1H3. The number of hydrogen-bond donors (Lipinski definition) is 1. The molecule has 0 fully saturated rings. The zero-order valence-corrected chi connectivity index (χ0v) is 10.8. The van der Waals surface area contributed by atoms with E-state index >= 15 is 0 Å². The van der Waals surface area contributed by atoms with Gasteiger partial charge in [-0.05, 0) is 12.6 Å². The van der Waals surface area contributed by atoms with Crippen molar-refractivity contribution in [3.63, 3.8) is 0 Å². The Morgan fingerprint density at radius 1 is 1.28 bits per heavy atom. The summed E-state index contributed by atoms with van der Waals surface area (Å²) in [6, 6.07) is 7.97. The van der Waals surface area contributed by atoms with Crippen LogP contribution >= 0.6 is 11.3 Å². The molecular weight excluding hydrogens is 246 g/mol. The fraction of sp³-hybridized carbons (Fsp3) is 0.231. The summed E-state index contributed by atoms with van der Waals surface area (Å²) in [4.78, 5) is 0. The van der Waals surface area contributed by atoms with E-state index in [1.807, 2.05) is 24.3 Å². The predicted molar refractivity (Wildman–Crippen MR) is 72.5 cm³/mol. The monoisotopic (exact) mass is 259 g/mol. The van der Waals surface area contributed by atoms with Crippen molar-refractivity contribution < 1.29 is 4.42 Å². The van der Waals surface area contributed by atoms with E-state index in [-0.39, 0.29) is 0 Å². The summed E-state index contributed by atoms with van der Waals surface area (Å²) >= 11 is 1.60. The van der Waals surface area contributed by atoms with E-state index in [1.54, 1.807) is 17.6 Å². The van der Waals surface area contributed by atoms with Gasteiger partial charge in [-0.25, -0.2) is 0 Å². The summed E-state index contributed by atoms with van der Waals surface area (Å²) in [5.41, 5.74) is 1.90. The summed E-state index contributed by atoms with van der Waals surface area (Å²) in [5, 5.41) is 14.6. The second-order valence-electron chi connectivity index (χ2n) is 3.93. The van der Waals surface area contributed by atoms with Gasteiger partial charge in [0.15, 0.2) is 5.01 Å². The first-order chi connectivity index (χ1) is 8.88. The number of nitrogens with zero attached hydrogens (tertiary/aromatic N) is 2. The molecule has 0 spiro atoms. The van der Waals surface area contributed by atoms with E-state index < -0.39 is 0 Å². The number of furan rings is 1. The molecule has 0 unspecified atom stereocenters. The highest BCUT2D eigenvalue weighted by molar-refractivity contribution is 7.14. The van der Waals surface area contributed by atoms with Gasteiger partial charge in [0, 0.05) is 11.9 Å². The molecule has 5 heteroatoms. The van der Waals surface area contributed by atoms with Gasteiger partial charge in [-0.2, -0.15) is 0 Å². The van der Waals surface area contributed by atoms with Crippen LogP contribution in [0.4, 0.5) is 0 Å². The van der Waals surface area contributed by atoms with E-state index in [9.17, 15) is 0 Å². The van der Waals surface area contributed by atoms with Crippen molar-refractivity contribution in [1.29, 1.82) is 0 Å². The van der Waals surface area contributed by atoms with E-state index in [1.165, 1.54) is 0 Å². The van der Waals surface area contributed by atoms with Gasteiger partial charge in [-0.1, -0.05) is 36.5 Å². The van der Waals surface area contributed by atoms with Crippen LogP contribution in [0.2, 0.25) is 0 Å². The third-order valence-corrected chi connectivity index (χ3v) is 3.66. The normalized spacial score (nSPS) is 11.2. The maximum absolute atomic E-state index is 5.52. The lowest BCUT2D eigenvalue weighted by Crippen LogP contribution is -2.11. The number of rotatable bonds is 4. The molecule has 0 saturated heterocycles. The molecule has 2 aromatic heterocycles. The molecule has 0 bridgehead atoms. The van der Waals surface area contributed by atoms with Gasteiger partial charge in [0.05, 0.1) is 5.56 Å². The smallest absolute Gasteiger partial charge is 0.151 e. The first-order valence-corrected chi connectivity index (χ1v) is 6.70. The maximum Gasteiger partial charge on any atom is 0.151 e. The minimum absolute atomic E-state index is 0.768. The Labute approximate surface area is 109 Å². The van der Waals surface area contributed by atoms with E-state index in [4.69, 9.17) is 4.42 Å². The molecule has 0 aliphatic carbocycles. The highest BCUT2D eigenvalue weighted by Gasteiger charge is 2.12. The van der Waals surface area contributed by atoms with Crippen molar-refractivity contribution in [2.75, 3.05) is 6.54 Å². The zero-order chi connectivity index (χ0) is 12.4. The third kappa shape index (κ3) is 2.02. The number of nitrogens with one attached hydrogen (secondary N) is 1. The van der Waals surface area contributed by atoms with Crippen LogP contribution in [0.3, 0.4) is 0 Å². The minimum atomic E-state index is 0.768. The molecule has 0 radical (unpaired) electrons. The molecule has 4 nitrogen and oxygen atoms in total. The van der Waals surface area contributed by atoms with Crippen molar-refractivity contribution in [3.8, 4) is 10.6 Å². The summed E-state index contributed by atoms with van der Waals surface area (Å²) < 4.78 is 5.52. The molecule has 1 aromatic carbocycles. The SMILES string of the molecule is CCNCc1nnc(-c2coc3ccccc23)s1. The van der Waals surface area contributed by atoms with Crippen molar-refractivity contribution in [2.24, 2.45) is 0 Å². The van der Waals surface area contributed by atoms with Gasteiger partial charge in [-0.15, -0.1) is 10.2 Å². The average Bonchev–Trinajstić information content (AvgIpc) is 3.02. The Balaban J connectivity index is 1.96. The van der Waals surface area contributed by atoms with Gasteiger partial charge >= 0.3 is 0 Å². The van der Waals surface area contributed by atoms with Gasteiger partial charge < -0.3 is 9.73 Å². The lowest BCUT2D eigenvalue weighted by Gasteiger charge is -1.93. The molecular formula is C13H13N3OS. The van der Waals surface area contributed by atoms with Gasteiger partial charge in [0.2, 0.25) is 0 Å². The Morgan fingerprint density at radius 2 is 2.17 bits per heavy atom. The molecule has 0 atom stereocenters. The van der Waals surface area contributed by atoms with E-state index in [0.717, 1.165) is 39.6 Å². The van der Waals surface area contributed by atoms with Crippen LogP contribution in [-0.2, 0) is 6.54 Å². The molecule has 92 valence electrons. The first kappa shape index (κ1) is 11.4. The van der Waals surface area contributed by atoms with Crippen molar-refractivity contribution in [2.45, 2.75) is 13.5 Å². The van der Waals surface area contributed by atoms with Gasteiger partial charge in [0.1, 0.15) is 16.9 Å². The summed E-state index contributed by atoms with van der Waals surface area (Å²) in [7, 11) is 0. The molecule has 0 amide bonds. The quantitative estimate of drug-likeness (QED) is 0.782. The molecule has 0 saturated carbocycles. The van der Waals surface area contributed by atoms with Crippen molar-refractivity contribution in [3.05, 3.63) is 35.5 Å². The highest BCUT2D eigenvalue weighted by atomic mass is 32.1. The third-order valence-electron chi connectivity index (χ3n) is 2.70. The lowest BCUT2D eigenvalue weighted by molar-refractivity contribution is 0.617. The zero-order valence-electron chi connectivity index (χ0n) is 10.0. The number of aromatic nitrogens is 2. The Hall–Kier alpha value is -1.72. The van der Waals surface area contributed by atoms with Crippen LogP contribution in [0.1, 0.15) is 11.9 Å². The number of benzene rings is 1. The van der Waals surface area contributed by atoms with Crippen molar-refractivity contribution in [1.82, 2.24) is 15.5 Å². The summed E-state index contributed by atoms with van der Waals surface area (Å²) in [6.07, 6.45) is 1.75. The lowest BCUT2D eigenvalue weighted by atomic mass is 10.2. The van der Waals surface area contributed by atoms with Crippen LogP contribution in [0.25, 0.3) is 21.5 Å². The predicted octanol–water partition coefficient (Wildman–Crippen LogP) is 3.06. The Bertz CT molecular complexity index is 659. The largest absolute Gasteiger partial charge is 0.464 e. The van der Waals surface area contributed by atoms with E-state index in [2.05, 4.69) is 22.4 Å². The Kier molecular flexibility index (Phi) is 3.08. The van der Waals surface area contributed by atoms with Crippen LogP contribution in [0, 0.1) is 0 Å².